The summed E-state index contributed by atoms with van der Waals surface area (Å²) in [6.07, 6.45) is -2.91. The monoisotopic (exact) mass is 1320 g/mol. The van der Waals surface area contributed by atoms with Crippen molar-refractivity contribution < 1.29 is 81.0 Å². The number of carbonyl (C=O) groups excluding carboxylic acids is 9. The predicted molar refractivity (Wildman–Crippen MR) is 355 cm³/mol. The summed E-state index contributed by atoms with van der Waals surface area (Å²) in [6.45, 7) is 20.4. The summed E-state index contributed by atoms with van der Waals surface area (Å²) in [7, 11) is 5.70. The Morgan fingerprint density at radius 2 is 0.842 bits per heavy atom. The number of nitrogens with zero attached hydrogens (tertiary/aromatic N) is 6. The van der Waals surface area contributed by atoms with Crippen LogP contribution in [0.5, 0.6) is 0 Å². The van der Waals surface area contributed by atoms with Crippen LogP contribution in [-0.2, 0) is 95.7 Å². The minimum absolute atomic E-state index is 0.0262. The first kappa shape index (κ1) is 74.6. The van der Waals surface area contributed by atoms with Crippen LogP contribution < -0.4 is 9.80 Å². The minimum atomic E-state index is -1.53. The van der Waals surface area contributed by atoms with Crippen molar-refractivity contribution in [3.63, 3.8) is 0 Å². The molecule has 522 valence electrons. The molecule has 3 aromatic carbocycles. The summed E-state index contributed by atoms with van der Waals surface area (Å²) in [5.74, 6) is -6.69. The number of anilines is 2. The van der Waals surface area contributed by atoms with Crippen molar-refractivity contribution in [3.8, 4) is 0 Å². The van der Waals surface area contributed by atoms with E-state index in [1.165, 1.54) is 56.7 Å². The number of hydrogen-bond donors (Lipinski definition) is 0. The second-order valence-corrected chi connectivity index (χ2v) is 27.7. The Hall–Kier alpha value is -7.79. The molecule has 2 heterocycles. The summed E-state index contributed by atoms with van der Waals surface area (Å²) in [5.41, 5.74) is 3.05. The van der Waals surface area contributed by atoms with Crippen LogP contribution in [0.15, 0.2) is 78.9 Å². The van der Waals surface area contributed by atoms with Crippen molar-refractivity contribution in [2.24, 2.45) is 23.7 Å². The fraction of sp³-hybridized carbons (Fsp3) is 0.625. The smallest absolute Gasteiger partial charge is 0.410 e. The molecule has 3 aromatic rings. The molecule has 0 N–H and O–H groups in total. The van der Waals surface area contributed by atoms with E-state index < -0.39 is 108 Å². The van der Waals surface area contributed by atoms with Gasteiger partial charge in [0.25, 0.3) is 17.7 Å². The Morgan fingerprint density at radius 1 is 0.463 bits per heavy atom. The van der Waals surface area contributed by atoms with Gasteiger partial charge in [-0.2, -0.15) is 0 Å². The van der Waals surface area contributed by atoms with Crippen molar-refractivity contribution in [2.45, 2.75) is 187 Å². The molecule has 4 aliphatic rings. The molecule has 0 spiro atoms. The Morgan fingerprint density at radius 3 is 1.23 bits per heavy atom. The van der Waals surface area contributed by atoms with Gasteiger partial charge in [-0.3, -0.25) is 19.3 Å². The highest BCUT2D eigenvalue weighted by Gasteiger charge is 2.44. The van der Waals surface area contributed by atoms with Gasteiger partial charge in [0.2, 0.25) is 0 Å². The van der Waals surface area contributed by atoms with Gasteiger partial charge in [0.1, 0.15) is 36.4 Å². The average Bonchev–Trinajstić information content (AvgIpc) is 1.62. The minimum Gasteiger partial charge on any atom is -0.458 e. The Kier molecular flexibility index (Phi) is 27.3. The molecular weight excluding hydrogens is 1220 g/mol. The van der Waals surface area contributed by atoms with Crippen molar-refractivity contribution in [3.05, 3.63) is 95.6 Å². The lowest BCUT2D eigenvalue weighted by molar-refractivity contribution is -0.175. The van der Waals surface area contributed by atoms with Crippen LogP contribution in [0.1, 0.15) is 130 Å². The number of carbonyl (C=O) groups is 9. The average molecular weight is 1320 g/mol. The Labute approximate surface area is 560 Å². The third-order valence-electron chi connectivity index (χ3n) is 17.6. The van der Waals surface area contributed by atoms with Gasteiger partial charge in [-0.1, -0.05) is 108 Å². The van der Waals surface area contributed by atoms with E-state index in [1.807, 2.05) is 82.3 Å². The third-order valence-corrected chi connectivity index (χ3v) is 17.6. The first-order chi connectivity index (χ1) is 45.1. The number of amides is 4. The topological polar surface area (TPSA) is 247 Å². The zero-order valence-corrected chi connectivity index (χ0v) is 58.0. The fourth-order valence-corrected chi connectivity index (χ4v) is 11.5. The number of morpholine rings is 2. The van der Waals surface area contributed by atoms with Gasteiger partial charge in [-0.25, -0.2) is 28.8 Å². The van der Waals surface area contributed by atoms with Gasteiger partial charge in [0, 0.05) is 78.6 Å². The number of rotatable bonds is 32. The fourth-order valence-electron chi connectivity index (χ4n) is 11.5. The predicted octanol–water partition coefficient (Wildman–Crippen LogP) is 7.98. The van der Waals surface area contributed by atoms with Crippen molar-refractivity contribution in [1.29, 1.82) is 0 Å². The van der Waals surface area contributed by atoms with Crippen LogP contribution in [0.4, 0.5) is 16.2 Å². The highest BCUT2D eigenvalue weighted by molar-refractivity contribution is 5.93. The van der Waals surface area contributed by atoms with E-state index in [0.717, 1.165) is 47.5 Å². The first-order valence-electron chi connectivity index (χ1n) is 33.7. The quantitative estimate of drug-likeness (QED) is 0.0424. The summed E-state index contributed by atoms with van der Waals surface area (Å²) < 4.78 is 46.4. The Balaban J connectivity index is 1.10. The number of hydrogen-bond acceptors (Lipinski definition) is 19. The maximum atomic E-state index is 15.1. The first-order valence-corrected chi connectivity index (χ1v) is 33.7. The van der Waals surface area contributed by atoms with Crippen LogP contribution in [0, 0.1) is 23.7 Å². The Bertz CT molecular complexity index is 3050. The van der Waals surface area contributed by atoms with Gasteiger partial charge in [-0.05, 0) is 125 Å². The number of esters is 5. The molecule has 8 atom stereocenters. The van der Waals surface area contributed by atoms with Gasteiger partial charge >= 0.3 is 35.9 Å². The number of likely N-dealkylation sites (N-methyl/N-ethyl adjacent to an activating group) is 4. The van der Waals surface area contributed by atoms with E-state index in [9.17, 15) is 33.6 Å². The summed E-state index contributed by atoms with van der Waals surface area (Å²) >= 11 is 0. The van der Waals surface area contributed by atoms with Crippen molar-refractivity contribution in [2.75, 3.05) is 90.6 Å². The van der Waals surface area contributed by atoms with E-state index in [4.69, 9.17) is 37.9 Å². The molecule has 2 saturated carbocycles. The number of ether oxygens (including phenoxy) is 8. The number of benzene rings is 3. The van der Waals surface area contributed by atoms with Crippen LogP contribution in [0.3, 0.4) is 0 Å². The second-order valence-electron chi connectivity index (χ2n) is 27.7. The molecule has 95 heavy (non-hydrogen) atoms. The highest BCUT2D eigenvalue weighted by atomic mass is 16.6. The molecule has 4 fully saturated rings. The van der Waals surface area contributed by atoms with E-state index in [-0.39, 0.29) is 68.8 Å². The standard InChI is InChI=1S/C72H102N6O17/c1-46(2)39-57(74(11)65(81)62(44-53-25-29-56(30-26-53)78-33-37-89-38-34-78)94-70(86)60(42-51-21-22-51)76(13)71(87)95-72(7,8)9)67(83)91-48(5)63(79)73(10)59(41-50-19-20-50)69(85)93-61(43-52-23-27-55(28-24-52)77-31-35-88-36-32-77)64(80)75(12)58(40-47(3)4)68(84)92-49(6)66(82)90-45-54-17-15-14-16-18-54/h14-18,23-30,46-51,57-62H,19-22,31-45H2,1-13H3. The van der Waals surface area contributed by atoms with Crippen LogP contribution in [-0.4, -0.2) is 208 Å². The molecule has 2 aliphatic heterocycles. The molecular formula is C72H102N6O17. The highest BCUT2D eigenvalue weighted by Crippen LogP contribution is 2.37. The van der Waals surface area contributed by atoms with E-state index in [2.05, 4.69) is 9.80 Å². The zero-order valence-electron chi connectivity index (χ0n) is 58.0. The van der Waals surface area contributed by atoms with Crippen LogP contribution >= 0.6 is 0 Å². The zero-order chi connectivity index (χ0) is 69.3. The van der Waals surface area contributed by atoms with Gasteiger partial charge in [-0.15, -0.1) is 0 Å². The summed E-state index contributed by atoms with van der Waals surface area (Å²) in [5, 5.41) is 0. The summed E-state index contributed by atoms with van der Waals surface area (Å²) in [4.78, 5) is 139. The second kappa shape index (κ2) is 34.8. The van der Waals surface area contributed by atoms with E-state index in [1.54, 1.807) is 45.0 Å². The molecule has 0 bridgehead atoms. The van der Waals surface area contributed by atoms with E-state index in [0.29, 0.717) is 63.7 Å². The van der Waals surface area contributed by atoms with Crippen LogP contribution in [0.25, 0.3) is 0 Å². The van der Waals surface area contributed by atoms with Crippen molar-refractivity contribution >= 4 is 65.0 Å². The third kappa shape index (κ3) is 22.7. The molecule has 8 unspecified atom stereocenters. The molecule has 0 aromatic heterocycles. The molecule has 4 amide bonds. The van der Waals surface area contributed by atoms with E-state index >= 15 is 9.59 Å². The molecule has 23 nitrogen and oxygen atoms in total. The molecule has 23 heteroatoms. The van der Waals surface area contributed by atoms with Gasteiger partial charge in [0.05, 0.1) is 26.4 Å². The summed E-state index contributed by atoms with van der Waals surface area (Å²) in [6, 6.07) is 19.2. The lowest BCUT2D eigenvalue weighted by atomic mass is 10.0. The molecule has 2 saturated heterocycles. The maximum absolute atomic E-state index is 15.1. The maximum Gasteiger partial charge on any atom is 0.410 e. The SMILES string of the molecule is CC(C)CC(C(=O)OC(C)C(=O)N(C)C(CC1CC1)C(=O)OC(Cc1ccc(N2CCOCC2)cc1)C(=O)N(C)C(CC(C)C)C(=O)OC(C)C(=O)OCc1ccccc1)N(C)C(=O)C(Cc1ccc(N2CCOCC2)cc1)OC(=O)C(CC1CC1)N(C)C(=O)OC(C)(C)C. The molecule has 7 rings (SSSR count). The molecule has 0 radical (unpaired) electrons. The normalized spacial score (nSPS) is 17.5. The lowest BCUT2D eigenvalue weighted by Gasteiger charge is -2.34. The molecule has 2 aliphatic carbocycles. The van der Waals surface area contributed by atoms with Gasteiger partial charge in [0.15, 0.2) is 24.4 Å². The largest absolute Gasteiger partial charge is 0.458 e. The van der Waals surface area contributed by atoms with Crippen LogP contribution in [0.2, 0.25) is 0 Å². The van der Waals surface area contributed by atoms with Crippen molar-refractivity contribution in [1.82, 2.24) is 19.6 Å². The van der Waals surface area contributed by atoms with Gasteiger partial charge < -0.3 is 62.4 Å². The lowest BCUT2D eigenvalue weighted by Crippen LogP contribution is -2.53.